The molecule has 1 fully saturated rings. The van der Waals surface area contributed by atoms with Gasteiger partial charge in [-0.05, 0) is 42.4 Å². The maximum Gasteiger partial charge on any atom is 0.239 e. The Morgan fingerprint density at radius 3 is 2.48 bits per heavy atom. The zero-order valence-electron chi connectivity index (χ0n) is 12.7. The molecule has 2 rings (SSSR count). The fourth-order valence-electron chi connectivity index (χ4n) is 2.60. The number of carbonyl (C=O) groups excluding carboxylic acids is 1. The van der Waals surface area contributed by atoms with Gasteiger partial charge in [-0.1, -0.05) is 19.9 Å². The van der Waals surface area contributed by atoms with Gasteiger partial charge >= 0.3 is 0 Å². The summed E-state index contributed by atoms with van der Waals surface area (Å²) in [7, 11) is 0. The van der Waals surface area contributed by atoms with E-state index in [1.807, 2.05) is 4.90 Å². The lowest BCUT2D eigenvalue weighted by molar-refractivity contribution is -0.134. The van der Waals surface area contributed by atoms with Crippen molar-refractivity contribution >= 4 is 5.91 Å². The highest BCUT2D eigenvalue weighted by Gasteiger charge is 2.30. The average Bonchev–Trinajstić information content (AvgIpc) is 2.42. The van der Waals surface area contributed by atoms with Gasteiger partial charge in [0.15, 0.2) is 11.5 Å². The quantitative estimate of drug-likeness (QED) is 0.739. The lowest BCUT2D eigenvalue weighted by Gasteiger charge is -2.37. The number of carbonyl (C=O) groups is 1. The third-order valence-corrected chi connectivity index (χ3v) is 4.24. The minimum Gasteiger partial charge on any atom is -0.504 e. The summed E-state index contributed by atoms with van der Waals surface area (Å²) in [4.78, 5) is 14.2. The standard InChI is InChI=1S/C16H24N2O3/c1-16(2)5-7-18(8-6-16)15(21)12(17)9-11-3-4-13(19)14(20)10-11/h3-4,10,12,19-20H,5-9,17H2,1-2H3/t12-/m0/s1. The van der Waals surface area contributed by atoms with Crippen LogP contribution in [0.15, 0.2) is 18.2 Å². The van der Waals surface area contributed by atoms with Gasteiger partial charge in [-0.25, -0.2) is 0 Å². The summed E-state index contributed by atoms with van der Waals surface area (Å²) in [5.41, 5.74) is 7.04. The van der Waals surface area contributed by atoms with Crippen molar-refractivity contribution in [2.45, 2.75) is 39.2 Å². The number of hydrogen-bond donors (Lipinski definition) is 3. The molecular formula is C16H24N2O3. The highest BCUT2D eigenvalue weighted by molar-refractivity contribution is 5.82. The van der Waals surface area contributed by atoms with Gasteiger partial charge in [0.25, 0.3) is 0 Å². The molecule has 4 N–H and O–H groups in total. The first kappa shape index (κ1) is 15.6. The molecule has 0 saturated carbocycles. The molecule has 0 spiro atoms. The van der Waals surface area contributed by atoms with Crippen LogP contribution < -0.4 is 5.73 Å². The van der Waals surface area contributed by atoms with Crippen LogP contribution in [0, 0.1) is 5.41 Å². The van der Waals surface area contributed by atoms with E-state index in [0.29, 0.717) is 11.8 Å². The van der Waals surface area contributed by atoms with Crippen molar-refractivity contribution in [2.75, 3.05) is 13.1 Å². The fourth-order valence-corrected chi connectivity index (χ4v) is 2.60. The minimum absolute atomic E-state index is 0.0435. The number of benzene rings is 1. The van der Waals surface area contributed by atoms with E-state index in [2.05, 4.69) is 13.8 Å². The van der Waals surface area contributed by atoms with Gasteiger partial charge in [-0.3, -0.25) is 4.79 Å². The molecule has 0 aromatic heterocycles. The number of piperidine rings is 1. The van der Waals surface area contributed by atoms with E-state index in [-0.39, 0.29) is 17.4 Å². The van der Waals surface area contributed by atoms with Gasteiger partial charge in [-0.15, -0.1) is 0 Å². The van der Waals surface area contributed by atoms with Crippen LogP contribution in [0.25, 0.3) is 0 Å². The molecule has 1 heterocycles. The molecule has 1 aliphatic rings. The van der Waals surface area contributed by atoms with E-state index in [0.717, 1.165) is 31.5 Å². The van der Waals surface area contributed by atoms with E-state index in [9.17, 15) is 15.0 Å². The van der Waals surface area contributed by atoms with Gasteiger partial charge in [-0.2, -0.15) is 0 Å². The van der Waals surface area contributed by atoms with Gasteiger partial charge in [0.2, 0.25) is 5.91 Å². The summed E-state index contributed by atoms with van der Waals surface area (Å²) >= 11 is 0. The molecular weight excluding hydrogens is 268 g/mol. The van der Waals surface area contributed by atoms with Crippen molar-refractivity contribution in [3.63, 3.8) is 0 Å². The van der Waals surface area contributed by atoms with Crippen LogP contribution in [0.3, 0.4) is 0 Å². The second kappa shape index (κ2) is 5.93. The van der Waals surface area contributed by atoms with Gasteiger partial charge in [0.05, 0.1) is 6.04 Å². The first-order valence-corrected chi connectivity index (χ1v) is 7.34. The Balaban J connectivity index is 1.95. The Bertz CT molecular complexity index is 518. The second-order valence-corrected chi connectivity index (χ2v) is 6.62. The number of phenols is 2. The third-order valence-electron chi connectivity index (χ3n) is 4.24. The first-order valence-electron chi connectivity index (χ1n) is 7.34. The van der Waals surface area contributed by atoms with Crippen molar-refractivity contribution in [3.8, 4) is 11.5 Å². The summed E-state index contributed by atoms with van der Waals surface area (Å²) in [6, 6.07) is 3.91. The molecule has 1 saturated heterocycles. The second-order valence-electron chi connectivity index (χ2n) is 6.62. The minimum atomic E-state index is -0.616. The number of rotatable bonds is 3. The lowest BCUT2D eigenvalue weighted by Crippen LogP contribution is -2.49. The number of nitrogens with zero attached hydrogens (tertiary/aromatic N) is 1. The van der Waals surface area contributed by atoms with E-state index in [4.69, 9.17) is 5.73 Å². The third kappa shape index (κ3) is 3.88. The number of phenolic OH excluding ortho intramolecular Hbond substituents is 2. The van der Waals surface area contributed by atoms with Crippen LogP contribution in [0.1, 0.15) is 32.3 Å². The molecule has 0 radical (unpaired) electrons. The topological polar surface area (TPSA) is 86.8 Å². The Hall–Kier alpha value is -1.75. The first-order chi connectivity index (χ1) is 9.78. The zero-order chi connectivity index (χ0) is 15.6. The predicted molar refractivity (Wildman–Crippen MR) is 81.0 cm³/mol. The molecule has 1 aromatic carbocycles. The van der Waals surface area contributed by atoms with Crippen LogP contribution in [-0.4, -0.2) is 40.2 Å². The Morgan fingerprint density at radius 2 is 1.90 bits per heavy atom. The Kier molecular flexibility index (Phi) is 4.42. The SMILES string of the molecule is CC1(C)CCN(C(=O)[C@@H](N)Cc2ccc(O)c(O)c2)CC1. The largest absolute Gasteiger partial charge is 0.504 e. The van der Waals surface area contributed by atoms with Crippen molar-refractivity contribution in [3.05, 3.63) is 23.8 Å². The summed E-state index contributed by atoms with van der Waals surface area (Å²) in [6.45, 7) is 5.93. The normalized spacial score (nSPS) is 19.3. The zero-order valence-corrected chi connectivity index (χ0v) is 12.7. The fraction of sp³-hybridized carbons (Fsp3) is 0.562. The molecule has 116 valence electrons. The molecule has 5 heteroatoms. The number of hydrogen-bond acceptors (Lipinski definition) is 4. The van der Waals surface area contributed by atoms with Crippen LogP contribution in [-0.2, 0) is 11.2 Å². The van der Waals surface area contributed by atoms with E-state index >= 15 is 0 Å². The number of likely N-dealkylation sites (tertiary alicyclic amines) is 1. The lowest BCUT2D eigenvalue weighted by atomic mass is 9.82. The molecule has 5 nitrogen and oxygen atoms in total. The summed E-state index contributed by atoms with van der Waals surface area (Å²) in [5.74, 6) is -0.401. The highest BCUT2D eigenvalue weighted by atomic mass is 16.3. The van der Waals surface area contributed by atoms with Gasteiger partial charge in [0, 0.05) is 13.1 Å². The maximum absolute atomic E-state index is 12.4. The number of amides is 1. The monoisotopic (exact) mass is 292 g/mol. The molecule has 1 aromatic rings. The van der Waals surface area contributed by atoms with E-state index in [1.165, 1.54) is 12.1 Å². The van der Waals surface area contributed by atoms with Gasteiger partial charge in [0.1, 0.15) is 0 Å². The molecule has 0 unspecified atom stereocenters. The summed E-state index contributed by atoms with van der Waals surface area (Å²) < 4.78 is 0. The van der Waals surface area contributed by atoms with Crippen LogP contribution >= 0.6 is 0 Å². The molecule has 1 atom stereocenters. The van der Waals surface area contributed by atoms with Crippen LogP contribution in [0.5, 0.6) is 11.5 Å². The van der Waals surface area contributed by atoms with Crippen LogP contribution in [0.2, 0.25) is 0 Å². The molecule has 0 aliphatic carbocycles. The van der Waals surface area contributed by atoms with Crippen molar-refractivity contribution in [2.24, 2.45) is 11.1 Å². The molecule has 1 aliphatic heterocycles. The number of aromatic hydroxyl groups is 2. The highest BCUT2D eigenvalue weighted by Crippen LogP contribution is 2.30. The summed E-state index contributed by atoms with van der Waals surface area (Å²) in [6.07, 6.45) is 2.34. The summed E-state index contributed by atoms with van der Waals surface area (Å²) in [5, 5.41) is 18.8. The van der Waals surface area contributed by atoms with Crippen LogP contribution in [0.4, 0.5) is 0 Å². The van der Waals surface area contributed by atoms with Crippen molar-refractivity contribution in [1.82, 2.24) is 4.90 Å². The molecule has 21 heavy (non-hydrogen) atoms. The predicted octanol–water partition coefficient (Wildman–Crippen LogP) is 1.62. The maximum atomic E-state index is 12.4. The Labute approximate surface area is 125 Å². The van der Waals surface area contributed by atoms with E-state index < -0.39 is 6.04 Å². The smallest absolute Gasteiger partial charge is 0.239 e. The molecule has 0 bridgehead atoms. The Morgan fingerprint density at radius 1 is 1.29 bits per heavy atom. The van der Waals surface area contributed by atoms with Gasteiger partial charge < -0.3 is 20.8 Å². The molecule has 1 amide bonds. The van der Waals surface area contributed by atoms with Crippen molar-refractivity contribution in [1.29, 1.82) is 0 Å². The van der Waals surface area contributed by atoms with Crippen molar-refractivity contribution < 1.29 is 15.0 Å². The average molecular weight is 292 g/mol. The number of nitrogens with two attached hydrogens (primary N) is 1. The van der Waals surface area contributed by atoms with E-state index in [1.54, 1.807) is 6.07 Å².